The molecule has 1 atom stereocenters. The fourth-order valence-electron chi connectivity index (χ4n) is 6.59. The minimum Gasteiger partial charge on any atom is -0.384 e. The molecular formula is C33H36N6O2. The molecular weight excluding hydrogens is 512 g/mol. The van der Waals surface area contributed by atoms with Gasteiger partial charge in [0.2, 0.25) is 5.91 Å². The van der Waals surface area contributed by atoms with Gasteiger partial charge in [0.05, 0.1) is 0 Å². The molecule has 4 N–H and O–H groups in total. The van der Waals surface area contributed by atoms with Crippen molar-refractivity contribution in [3.05, 3.63) is 117 Å². The van der Waals surface area contributed by atoms with E-state index in [0.717, 1.165) is 42.6 Å². The van der Waals surface area contributed by atoms with Crippen LogP contribution in [-0.2, 0) is 23.2 Å². The van der Waals surface area contributed by atoms with Gasteiger partial charge in [0.15, 0.2) is 5.82 Å². The Morgan fingerprint density at radius 3 is 2.27 bits per heavy atom. The van der Waals surface area contributed by atoms with Crippen molar-refractivity contribution in [2.24, 2.45) is 0 Å². The third kappa shape index (κ3) is 5.22. The molecule has 0 spiro atoms. The molecule has 3 heterocycles. The number of amides is 1. The number of nitrogens with two attached hydrogens (primary N) is 1. The van der Waals surface area contributed by atoms with E-state index in [4.69, 9.17) is 5.73 Å². The third-order valence-corrected chi connectivity index (χ3v) is 8.86. The number of fused-ring (bicyclic) bond motifs is 1. The first-order chi connectivity index (χ1) is 19.9. The molecule has 0 bridgehead atoms. The summed E-state index contributed by atoms with van der Waals surface area (Å²) < 4.78 is 1.62. The monoisotopic (exact) mass is 548 g/mol. The second-order valence-electron chi connectivity index (χ2n) is 11.3. The lowest BCUT2D eigenvalue weighted by Crippen LogP contribution is -2.40. The molecule has 41 heavy (non-hydrogen) atoms. The number of pyridine rings is 1. The Kier molecular flexibility index (Phi) is 7.30. The number of nitrogens with zero attached hydrogens (tertiary/aromatic N) is 3. The fraction of sp³-hybridized carbons (Fsp3) is 0.333. The van der Waals surface area contributed by atoms with Gasteiger partial charge in [-0.05, 0) is 68.2 Å². The zero-order chi connectivity index (χ0) is 28.4. The van der Waals surface area contributed by atoms with Gasteiger partial charge in [0.1, 0.15) is 11.9 Å². The molecule has 1 aliphatic heterocycles. The van der Waals surface area contributed by atoms with Gasteiger partial charge in [-0.3, -0.25) is 14.2 Å². The number of hydrogen-bond acceptors (Lipinski definition) is 6. The van der Waals surface area contributed by atoms with E-state index in [0.29, 0.717) is 31.0 Å². The summed E-state index contributed by atoms with van der Waals surface area (Å²) in [5, 5.41) is 6.44. The Bertz CT molecular complexity index is 1550. The Balaban J connectivity index is 1.16. The number of nitrogen functional groups attached to an aromatic ring is 1. The minimum atomic E-state index is -0.557. The Morgan fingerprint density at radius 1 is 0.976 bits per heavy atom. The van der Waals surface area contributed by atoms with Crippen LogP contribution >= 0.6 is 0 Å². The number of benzene rings is 2. The zero-order valence-corrected chi connectivity index (χ0v) is 23.3. The van der Waals surface area contributed by atoms with Gasteiger partial charge in [-0.2, -0.15) is 0 Å². The topological polar surface area (TPSA) is 115 Å². The molecule has 2 aromatic carbocycles. The maximum atomic E-state index is 13.6. The van der Waals surface area contributed by atoms with Crippen LogP contribution < -0.4 is 21.9 Å². The number of rotatable bonds is 7. The highest BCUT2D eigenvalue weighted by Gasteiger charge is 2.39. The highest BCUT2D eigenvalue weighted by Crippen LogP contribution is 2.45. The molecule has 1 saturated carbocycles. The van der Waals surface area contributed by atoms with Crippen molar-refractivity contribution in [1.82, 2.24) is 19.9 Å². The van der Waals surface area contributed by atoms with E-state index in [2.05, 4.69) is 81.3 Å². The van der Waals surface area contributed by atoms with Crippen molar-refractivity contribution >= 4 is 17.5 Å². The molecule has 210 valence electrons. The van der Waals surface area contributed by atoms with Crippen molar-refractivity contribution in [3.8, 4) is 0 Å². The third-order valence-electron chi connectivity index (χ3n) is 8.86. The van der Waals surface area contributed by atoms with Gasteiger partial charge in [-0.25, -0.2) is 9.97 Å². The normalized spacial score (nSPS) is 18.0. The maximum absolute atomic E-state index is 13.6. The fourth-order valence-corrected chi connectivity index (χ4v) is 6.59. The minimum absolute atomic E-state index is 0.0529. The predicted octanol–water partition coefficient (Wildman–Crippen LogP) is 4.67. The lowest BCUT2D eigenvalue weighted by Gasteiger charge is -2.41. The predicted molar refractivity (Wildman–Crippen MR) is 161 cm³/mol. The van der Waals surface area contributed by atoms with Crippen LogP contribution in [0.5, 0.6) is 0 Å². The summed E-state index contributed by atoms with van der Waals surface area (Å²) in [5.74, 6) is 0.599. The smallest absolute Gasteiger partial charge is 0.294 e. The first kappa shape index (κ1) is 26.7. The van der Waals surface area contributed by atoms with Gasteiger partial charge < -0.3 is 16.4 Å². The number of carbonyl (C=O) groups is 1. The number of aromatic nitrogens is 3. The van der Waals surface area contributed by atoms with E-state index < -0.39 is 6.04 Å². The molecule has 4 aromatic rings. The highest BCUT2D eigenvalue weighted by molar-refractivity contribution is 5.81. The van der Waals surface area contributed by atoms with E-state index in [1.54, 1.807) is 16.8 Å². The maximum Gasteiger partial charge on any atom is 0.294 e. The van der Waals surface area contributed by atoms with Crippen LogP contribution in [0.15, 0.2) is 83.8 Å². The molecule has 2 aromatic heterocycles. The molecule has 1 fully saturated rings. The van der Waals surface area contributed by atoms with Crippen LogP contribution in [0.3, 0.4) is 0 Å². The Morgan fingerprint density at radius 2 is 1.63 bits per heavy atom. The van der Waals surface area contributed by atoms with Gasteiger partial charge >= 0.3 is 0 Å². The van der Waals surface area contributed by atoms with Crippen LogP contribution in [0.25, 0.3) is 0 Å². The molecule has 0 radical (unpaired) electrons. The zero-order valence-electron chi connectivity index (χ0n) is 23.3. The molecule has 0 saturated heterocycles. The van der Waals surface area contributed by atoms with Gasteiger partial charge in [0.25, 0.3) is 5.56 Å². The molecule has 0 unspecified atom stereocenters. The lowest BCUT2D eigenvalue weighted by atomic mass is 9.64. The Labute approximate surface area is 240 Å². The van der Waals surface area contributed by atoms with Crippen LogP contribution in [0.1, 0.15) is 66.2 Å². The van der Waals surface area contributed by atoms with Crippen molar-refractivity contribution < 1.29 is 4.79 Å². The van der Waals surface area contributed by atoms with Crippen LogP contribution in [0.2, 0.25) is 0 Å². The highest BCUT2D eigenvalue weighted by atomic mass is 16.2. The second-order valence-corrected chi connectivity index (χ2v) is 11.3. The van der Waals surface area contributed by atoms with E-state index in [1.807, 2.05) is 13.0 Å². The first-order valence-electron chi connectivity index (χ1n) is 14.4. The van der Waals surface area contributed by atoms with Gasteiger partial charge in [0, 0.05) is 35.6 Å². The SMILES string of the molecule is Cc1nc(N)ccc1CNC(=O)[C@@H]1CCc2cnc(NC3CCC(c4ccccc4)(c4ccccc4)CC3)c(=O)n21. The summed E-state index contributed by atoms with van der Waals surface area (Å²) in [4.78, 5) is 35.6. The van der Waals surface area contributed by atoms with Crippen molar-refractivity contribution in [2.45, 2.75) is 69.5 Å². The second kappa shape index (κ2) is 11.2. The summed E-state index contributed by atoms with van der Waals surface area (Å²) in [6.45, 7) is 2.20. The molecule has 8 nitrogen and oxygen atoms in total. The Hall–Kier alpha value is -4.46. The van der Waals surface area contributed by atoms with Crippen molar-refractivity contribution in [2.75, 3.05) is 11.1 Å². The van der Waals surface area contributed by atoms with Crippen molar-refractivity contribution in [1.29, 1.82) is 0 Å². The quantitative estimate of drug-likeness (QED) is 0.309. The summed E-state index contributed by atoms with van der Waals surface area (Å²) in [5.41, 5.74) is 10.6. The molecule has 6 rings (SSSR count). The number of hydrogen-bond donors (Lipinski definition) is 3. The van der Waals surface area contributed by atoms with E-state index in [-0.39, 0.29) is 22.9 Å². The van der Waals surface area contributed by atoms with Crippen LogP contribution in [-0.4, -0.2) is 26.5 Å². The number of aryl methyl sites for hydroxylation is 2. The van der Waals surface area contributed by atoms with E-state index >= 15 is 0 Å². The summed E-state index contributed by atoms with van der Waals surface area (Å²) in [7, 11) is 0. The van der Waals surface area contributed by atoms with Gasteiger partial charge in [-0.15, -0.1) is 0 Å². The number of anilines is 2. The standard InChI is InChI=1S/C33H36N6O2/c1-22-23(12-15-29(34)37-22)20-36-31(40)28-14-13-27-21-35-30(32(41)39(27)28)38-26-16-18-33(19-17-26,24-8-4-2-5-9-24)25-10-6-3-7-11-25/h2-12,15,21,26,28H,13-14,16-20H2,1H3,(H2,34,37)(H,35,38)(H,36,40)/t28-/m0/s1. The molecule has 8 heteroatoms. The van der Waals surface area contributed by atoms with Gasteiger partial charge in [-0.1, -0.05) is 66.7 Å². The van der Waals surface area contributed by atoms with Crippen LogP contribution in [0.4, 0.5) is 11.6 Å². The molecule has 1 aliphatic carbocycles. The largest absolute Gasteiger partial charge is 0.384 e. The average molecular weight is 549 g/mol. The summed E-state index contributed by atoms with van der Waals surface area (Å²) in [6.07, 6.45) is 6.71. The van der Waals surface area contributed by atoms with E-state index in [1.165, 1.54) is 11.1 Å². The number of carbonyl (C=O) groups excluding carboxylic acids is 1. The molecule has 1 amide bonds. The molecule has 2 aliphatic rings. The number of nitrogens with one attached hydrogen (secondary N) is 2. The first-order valence-corrected chi connectivity index (χ1v) is 14.4. The van der Waals surface area contributed by atoms with Crippen LogP contribution in [0, 0.1) is 6.92 Å². The summed E-state index contributed by atoms with van der Waals surface area (Å²) in [6, 6.07) is 24.6. The van der Waals surface area contributed by atoms with Crippen molar-refractivity contribution in [3.63, 3.8) is 0 Å². The average Bonchev–Trinajstić information content (AvgIpc) is 3.45. The summed E-state index contributed by atoms with van der Waals surface area (Å²) >= 11 is 0. The van der Waals surface area contributed by atoms with E-state index in [9.17, 15) is 9.59 Å². The lowest BCUT2D eigenvalue weighted by molar-refractivity contribution is -0.124.